The zero-order valence-corrected chi connectivity index (χ0v) is 7.97. The van der Waals surface area contributed by atoms with Gasteiger partial charge in [0, 0.05) is 12.3 Å². The zero-order chi connectivity index (χ0) is 11.5. The van der Waals surface area contributed by atoms with Crippen LogP contribution in [0.1, 0.15) is 11.1 Å². The van der Waals surface area contributed by atoms with Gasteiger partial charge in [-0.1, -0.05) is 11.6 Å². The van der Waals surface area contributed by atoms with E-state index in [4.69, 9.17) is 16.9 Å². The first-order valence-electron chi connectivity index (χ1n) is 3.74. The average molecular weight is 233 g/mol. The highest BCUT2D eigenvalue weighted by Gasteiger charge is 2.33. The van der Waals surface area contributed by atoms with Crippen LogP contribution in [0.5, 0.6) is 0 Å². The van der Waals surface area contributed by atoms with Crippen molar-refractivity contribution in [3.8, 4) is 6.07 Å². The molecular formula is C9H4ClF3N2. The molecule has 78 valence electrons. The number of hydrogen-bond acceptors (Lipinski definition) is 2. The van der Waals surface area contributed by atoms with Gasteiger partial charge < -0.3 is 0 Å². The predicted octanol–water partition coefficient (Wildman–Crippen LogP) is 3.29. The van der Waals surface area contributed by atoms with Gasteiger partial charge in [-0.15, -0.1) is 0 Å². The molecule has 15 heavy (non-hydrogen) atoms. The molecule has 1 aromatic rings. The van der Waals surface area contributed by atoms with Crippen LogP contribution in [-0.4, -0.2) is 4.98 Å². The number of alkyl halides is 3. The summed E-state index contributed by atoms with van der Waals surface area (Å²) >= 11 is 5.45. The molecule has 0 atom stereocenters. The van der Waals surface area contributed by atoms with Crippen molar-refractivity contribution in [1.82, 2.24) is 4.98 Å². The zero-order valence-electron chi connectivity index (χ0n) is 7.22. The summed E-state index contributed by atoms with van der Waals surface area (Å²) in [7, 11) is 0. The van der Waals surface area contributed by atoms with Gasteiger partial charge in [0.25, 0.3) is 0 Å². The number of aromatic nitrogens is 1. The molecule has 1 rings (SSSR count). The highest BCUT2D eigenvalue weighted by atomic mass is 35.5. The maximum Gasteiger partial charge on any atom is 0.418 e. The van der Waals surface area contributed by atoms with Crippen LogP contribution in [0.4, 0.5) is 13.2 Å². The molecule has 1 aromatic heterocycles. The monoisotopic (exact) mass is 232 g/mol. The molecular weight excluding hydrogens is 229 g/mol. The molecule has 0 aliphatic heterocycles. The van der Waals surface area contributed by atoms with Gasteiger partial charge in [0.15, 0.2) is 0 Å². The number of halogens is 4. The number of allylic oxidation sites excluding steroid dienone is 1. The Labute approximate surface area is 88.6 Å². The van der Waals surface area contributed by atoms with Gasteiger partial charge in [0.05, 0.1) is 11.6 Å². The second-order valence-electron chi connectivity index (χ2n) is 2.55. The Bertz CT molecular complexity index is 432. The highest BCUT2D eigenvalue weighted by molar-refractivity contribution is 6.29. The highest BCUT2D eigenvalue weighted by Crippen LogP contribution is 2.32. The first kappa shape index (κ1) is 11.5. The molecule has 0 aliphatic rings. The van der Waals surface area contributed by atoms with Crippen LogP contribution in [-0.2, 0) is 6.18 Å². The summed E-state index contributed by atoms with van der Waals surface area (Å²) < 4.78 is 37.2. The van der Waals surface area contributed by atoms with E-state index in [-0.39, 0.29) is 10.7 Å². The van der Waals surface area contributed by atoms with E-state index in [9.17, 15) is 13.2 Å². The maximum atomic E-state index is 12.4. The number of nitrogens with zero attached hydrogens (tertiary/aromatic N) is 2. The van der Waals surface area contributed by atoms with Gasteiger partial charge in [0.2, 0.25) is 0 Å². The molecule has 0 fully saturated rings. The van der Waals surface area contributed by atoms with Gasteiger partial charge in [-0.05, 0) is 17.7 Å². The Kier molecular flexibility index (Phi) is 3.32. The Morgan fingerprint density at radius 2 is 2.13 bits per heavy atom. The van der Waals surface area contributed by atoms with Crippen molar-refractivity contribution >= 4 is 17.7 Å². The first-order chi connectivity index (χ1) is 6.95. The van der Waals surface area contributed by atoms with Crippen LogP contribution in [0.25, 0.3) is 6.08 Å². The smallest absolute Gasteiger partial charge is 0.244 e. The summed E-state index contributed by atoms with van der Waals surface area (Å²) in [5.74, 6) is 0. The van der Waals surface area contributed by atoms with Crippen molar-refractivity contribution in [2.24, 2.45) is 0 Å². The van der Waals surface area contributed by atoms with E-state index in [0.29, 0.717) is 6.20 Å². The molecule has 0 radical (unpaired) electrons. The predicted molar refractivity (Wildman–Crippen MR) is 48.9 cm³/mol. The molecule has 0 unspecified atom stereocenters. The van der Waals surface area contributed by atoms with Crippen molar-refractivity contribution in [2.75, 3.05) is 0 Å². The van der Waals surface area contributed by atoms with E-state index in [1.807, 2.05) is 0 Å². The van der Waals surface area contributed by atoms with E-state index in [0.717, 1.165) is 18.2 Å². The molecule has 0 saturated heterocycles. The molecule has 0 amide bonds. The first-order valence-corrected chi connectivity index (χ1v) is 4.12. The quantitative estimate of drug-likeness (QED) is 0.550. The molecule has 0 bridgehead atoms. The SMILES string of the molecule is N#CC=Cc1cc(Cl)ncc1C(F)(F)F. The van der Waals surface area contributed by atoms with Crippen molar-refractivity contribution in [3.05, 3.63) is 34.6 Å². The van der Waals surface area contributed by atoms with E-state index in [1.54, 1.807) is 6.07 Å². The number of pyridine rings is 1. The Morgan fingerprint density at radius 1 is 1.47 bits per heavy atom. The van der Waals surface area contributed by atoms with E-state index < -0.39 is 11.7 Å². The van der Waals surface area contributed by atoms with Crippen LogP contribution in [0, 0.1) is 11.3 Å². The lowest BCUT2D eigenvalue weighted by Crippen LogP contribution is -2.07. The normalized spacial score (nSPS) is 11.7. The maximum absolute atomic E-state index is 12.4. The lowest BCUT2D eigenvalue weighted by atomic mass is 10.1. The fourth-order valence-corrected chi connectivity index (χ4v) is 1.11. The largest absolute Gasteiger partial charge is 0.418 e. The van der Waals surface area contributed by atoms with Gasteiger partial charge in [0.1, 0.15) is 5.15 Å². The molecule has 2 nitrogen and oxygen atoms in total. The van der Waals surface area contributed by atoms with E-state index in [1.165, 1.54) is 0 Å². The van der Waals surface area contributed by atoms with Crippen molar-refractivity contribution in [2.45, 2.75) is 6.18 Å². The lowest BCUT2D eigenvalue weighted by molar-refractivity contribution is -0.137. The minimum absolute atomic E-state index is 0.0550. The fourth-order valence-electron chi connectivity index (χ4n) is 0.946. The van der Waals surface area contributed by atoms with Crippen LogP contribution in [0.2, 0.25) is 5.15 Å². The van der Waals surface area contributed by atoms with Gasteiger partial charge in [-0.2, -0.15) is 18.4 Å². The van der Waals surface area contributed by atoms with Gasteiger partial charge in [-0.3, -0.25) is 0 Å². The molecule has 0 saturated carbocycles. The Balaban J connectivity index is 3.28. The van der Waals surface area contributed by atoms with Crippen LogP contribution >= 0.6 is 11.6 Å². The second-order valence-corrected chi connectivity index (χ2v) is 2.94. The fraction of sp³-hybridized carbons (Fsp3) is 0.111. The van der Waals surface area contributed by atoms with Gasteiger partial charge in [-0.25, -0.2) is 4.98 Å². The van der Waals surface area contributed by atoms with Crippen LogP contribution in [0.3, 0.4) is 0 Å². The summed E-state index contributed by atoms with van der Waals surface area (Å²) in [4.78, 5) is 3.34. The second kappa shape index (κ2) is 4.32. The average Bonchev–Trinajstić information content (AvgIpc) is 2.12. The summed E-state index contributed by atoms with van der Waals surface area (Å²) in [6.07, 6.45) is -1.89. The van der Waals surface area contributed by atoms with E-state index >= 15 is 0 Å². The van der Waals surface area contributed by atoms with E-state index in [2.05, 4.69) is 4.98 Å². The Morgan fingerprint density at radius 3 is 2.67 bits per heavy atom. The topological polar surface area (TPSA) is 36.7 Å². The summed E-state index contributed by atoms with van der Waals surface area (Å²) in [6, 6.07) is 2.66. The van der Waals surface area contributed by atoms with Crippen LogP contribution < -0.4 is 0 Å². The molecule has 0 spiro atoms. The van der Waals surface area contributed by atoms with Crippen molar-refractivity contribution < 1.29 is 13.2 Å². The van der Waals surface area contributed by atoms with Crippen molar-refractivity contribution in [1.29, 1.82) is 5.26 Å². The van der Waals surface area contributed by atoms with Crippen LogP contribution in [0.15, 0.2) is 18.3 Å². The molecule has 6 heteroatoms. The molecule has 0 aliphatic carbocycles. The van der Waals surface area contributed by atoms with Gasteiger partial charge >= 0.3 is 6.18 Å². The lowest BCUT2D eigenvalue weighted by Gasteiger charge is -2.09. The molecule has 0 N–H and O–H groups in total. The summed E-state index contributed by atoms with van der Waals surface area (Å²) in [5, 5.41) is 8.17. The number of rotatable bonds is 1. The number of hydrogen-bond donors (Lipinski definition) is 0. The van der Waals surface area contributed by atoms with Crippen molar-refractivity contribution in [3.63, 3.8) is 0 Å². The Hall–Kier alpha value is -1.54. The minimum Gasteiger partial charge on any atom is -0.244 e. The molecule has 1 heterocycles. The third-order valence-electron chi connectivity index (χ3n) is 1.55. The standard InChI is InChI=1S/C9H4ClF3N2/c10-8-4-6(2-1-3-14)7(5-15-8)9(11,12)13/h1-2,4-5H. The summed E-state index contributed by atoms with van der Waals surface area (Å²) in [5.41, 5.74) is -1.09. The molecule has 0 aromatic carbocycles. The third kappa shape index (κ3) is 2.96. The summed E-state index contributed by atoms with van der Waals surface area (Å²) in [6.45, 7) is 0. The number of nitriles is 1. The minimum atomic E-state index is -4.51. The third-order valence-corrected chi connectivity index (χ3v) is 1.75.